The summed E-state index contributed by atoms with van der Waals surface area (Å²) in [5.41, 5.74) is 1.55. The quantitative estimate of drug-likeness (QED) is 0.563. The molecule has 0 amide bonds. The average molecular weight is 373 g/mol. The van der Waals surface area contributed by atoms with E-state index in [4.69, 9.17) is 16.3 Å². The third-order valence-corrected chi connectivity index (χ3v) is 5.01. The van der Waals surface area contributed by atoms with Gasteiger partial charge in [-0.05, 0) is 66.1 Å². The van der Waals surface area contributed by atoms with Crippen LogP contribution in [0.1, 0.15) is 11.1 Å². The van der Waals surface area contributed by atoms with Gasteiger partial charge in [-0.2, -0.15) is 0 Å². The maximum atomic E-state index is 11.2. The molecule has 0 atom stereocenters. The second-order valence-electron chi connectivity index (χ2n) is 5.70. The largest absolute Gasteiger partial charge is 0.481 e. The van der Waals surface area contributed by atoms with Crippen LogP contribution in [-0.4, -0.2) is 17.3 Å². The van der Waals surface area contributed by atoms with Crippen LogP contribution in [0.2, 0.25) is 5.02 Å². The summed E-state index contributed by atoms with van der Waals surface area (Å²) in [6, 6.07) is 15.2. The zero-order valence-corrected chi connectivity index (χ0v) is 15.4. The van der Waals surface area contributed by atoms with Crippen LogP contribution in [0.4, 0.5) is 0 Å². The first kappa shape index (κ1) is 17.6. The Bertz CT molecular complexity index is 936. The van der Waals surface area contributed by atoms with Gasteiger partial charge in [0.2, 0.25) is 0 Å². The molecule has 0 fully saturated rings. The smallest absolute Gasteiger partial charge is 0.307 e. The van der Waals surface area contributed by atoms with Gasteiger partial charge >= 0.3 is 5.97 Å². The van der Waals surface area contributed by atoms with E-state index in [1.165, 1.54) is 0 Å². The number of hydrogen-bond donors (Lipinski definition) is 1. The number of hydrogen-bond acceptors (Lipinski definition) is 3. The highest BCUT2D eigenvalue weighted by Gasteiger charge is 2.15. The Hall–Kier alpha value is -2.17. The van der Waals surface area contributed by atoms with Crippen LogP contribution in [0, 0.1) is 6.92 Å². The van der Waals surface area contributed by atoms with E-state index in [1.807, 2.05) is 55.6 Å². The third kappa shape index (κ3) is 3.91. The summed E-state index contributed by atoms with van der Waals surface area (Å²) in [5, 5.41) is 11.6. The predicted molar refractivity (Wildman–Crippen MR) is 103 cm³/mol. The Balaban J connectivity index is 2.13. The number of halogens is 1. The second-order valence-corrected chi connectivity index (χ2v) is 7.02. The van der Waals surface area contributed by atoms with Gasteiger partial charge in [0.1, 0.15) is 11.5 Å². The molecule has 0 radical (unpaired) electrons. The molecule has 1 N–H and O–H groups in total. The maximum absolute atomic E-state index is 11.2. The standard InChI is InChI=1S/C20H17ClO3S/c1-12-14(10-19(22)23)9-13-3-4-15(21)11-18(13)20(12)24-16-5-7-17(25-2)8-6-16/h3-9,11H,10H2,1-2H3,(H,22,23). The normalized spacial score (nSPS) is 10.8. The molecule has 0 aliphatic heterocycles. The molecule has 3 aromatic rings. The molecule has 0 heterocycles. The van der Waals surface area contributed by atoms with Crippen molar-refractivity contribution in [1.82, 2.24) is 0 Å². The summed E-state index contributed by atoms with van der Waals surface area (Å²) < 4.78 is 6.14. The number of aliphatic carboxylic acids is 1. The lowest BCUT2D eigenvalue weighted by molar-refractivity contribution is -0.136. The van der Waals surface area contributed by atoms with Gasteiger partial charge in [0, 0.05) is 15.3 Å². The van der Waals surface area contributed by atoms with Gasteiger partial charge in [-0.1, -0.05) is 23.7 Å². The van der Waals surface area contributed by atoms with Gasteiger partial charge in [-0.25, -0.2) is 0 Å². The highest BCUT2D eigenvalue weighted by Crippen LogP contribution is 2.37. The number of carboxylic acid groups (broad SMARTS) is 1. The van der Waals surface area contributed by atoms with E-state index in [0.717, 1.165) is 26.8 Å². The number of carbonyl (C=O) groups is 1. The van der Waals surface area contributed by atoms with Crippen LogP contribution < -0.4 is 4.74 Å². The first-order valence-corrected chi connectivity index (χ1v) is 9.33. The molecule has 25 heavy (non-hydrogen) atoms. The van der Waals surface area contributed by atoms with E-state index in [-0.39, 0.29) is 6.42 Å². The minimum absolute atomic E-state index is 0.0494. The SMILES string of the molecule is CSc1ccc(Oc2c(C)c(CC(=O)O)cc3ccc(Cl)cc23)cc1. The van der Waals surface area contributed by atoms with Crippen molar-refractivity contribution in [1.29, 1.82) is 0 Å². The number of benzene rings is 3. The zero-order valence-electron chi connectivity index (χ0n) is 13.9. The average Bonchev–Trinajstić information content (AvgIpc) is 2.59. The highest BCUT2D eigenvalue weighted by atomic mass is 35.5. The Morgan fingerprint density at radius 2 is 1.88 bits per heavy atom. The first-order chi connectivity index (χ1) is 12.0. The molecule has 0 unspecified atom stereocenters. The molecule has 3 aromatic carbocycles. The summed E-state index contributed by atoms with van der Waals surface area (Å²) >= 11 is 7.82. The fourth-order valence-corrected chi connectivity index (χ4v) is 3.31. The first-order valence-electron chi connectivity index (χ1n) is 7.73. The van der Waals surface area contributed by atoms with Crippen molar-refractivity contribution in [2.45, 2.75) is 18.2 Å². The van der Waals surface area contributed by atoms with E-state index in [0.29, 0.717) is 16.5 Å². The number of fused-ring (bicyclic) bond motifs is 1. The lowest BCUT2D eigenvalue weighted by Crippen LogP contribution is -2.03. The number of rotatable bonds is 5. The Morgan fingerprint density at radius 1 is 1.16 bits per heavy atom. The minimum atomic E-state index is -0.869. The molecule has 0 aliphatic rings. The molecular weight excluding hydrogens is 356 g/mol. The molecule has 0 saturated heterocycles. The van der Waals surface area contributed by atoms with Gasteiger partial charge < -0.3 is 9.84 Å². The van der Waals surface area contributed by atoms with Crippen molar-refractivity contribution in [2.24, 2.45) is 0 Å². The second kappa shape index (κ2) is 7.38. The van der Waals surface area contributed by atoms with Crippen LogP contribution in [0.25, 0.3) is 10.8 Å². The highest BCUT2D eigenvalue weighted by molar-refractivity contribution is 7.98. The van der Waals surface area contributed by atoms with Crippen molar-refractivity contribution in [3.8, 4) is 11.5 Å². The Labute approximate surface area is 155 Å². The van der Waals surface area contributed by atoms with Crippen LogP contribution in [0.3, 0.4) is 0 Å². The van der Waals surface area contributed by atoms with Crippen LogP contribution >= 0.6 is 23.4 Å². The Kier molecular flexibility index (Phi) is 5.21. The fourth-order valence-electron chi connectivity index (χ4n) is 2.73. The molecular formula is C20H17ClO3S. The molecule has 0 aliphatic carbocycles. The topological polar surface area (TPSA) is 46.5 Å². The maximum Gasteiger partial charge on any atom is 0.307 e. The van der Waals surface area contributed by atoms with E-state index >= 15 is 0 Å². The molecule has 3 nitrogen and oxygen atoms in total. The van der Waals surface area contributed by atoms with Gasteiger partial charge in [0.25, 0.3) is 0 Å². The van der Waals surface area contributed by atoms with Crippen molar-refractivity contribution >= 4 is 40.1 Å². The van der Waals surface area contributed by atoms with Crippen molar-refractivity contribution < 1.29 is 14.6 Å². The van der Waals surface area contributed by atoms with Gasteiger partial charge in [-0.15, -0.1) is 11.8 Å². The molecule has 128 valence electrons. The van der Waals surface area contributed by atoms with Crippen molar-refractivity contribution in [3.63, 3.8) is 0 Å². The van der Waals surface area contributed by atoms with Crippen molar-refractivity contribution in [3.05, 3.63) is 64.7 Å². The van der Waals surface area contributed by atoms with E-state index in [1.54, 1.807) is 17.8 Å². The Morgan fingerprint density at radius 3 is 2.52 bits per heavy atom. The summed E-state index contributed by atoms with van der Waals surface area (Å²) in [5.74, 6) is 0.481. The fraction of sp³-hybridized carbons (Fsp3) is 0.150. The third-order valence-electron chi connectivity index (χ3n) is 4.03. The van der Waals surface area contributed by atoms with Crippen molar-refractivity contribution in [2.75, 3.05) is 6.26 Å². The molecule has 5 heteroatoms. The summed E-state index contributed by atoms with van der Waals surface area (Å²) in [4.78, 5) is 12.3. The summed E-state index contributed by atoms with van der Waals surface area (Å²) in [7, 11) is 0. The van der Waals surface area contributed by atoms with Crippen LogP contribution in [-0.2, 0) is 11.2 Å². The summed E-state index contributed by atoms with van der Waals surface area (Å²) in [6.07, 6.45) is 1.97. The number of carboxylic acids is 1. The lowest BCUT2D eigenvalue weighted by Gasteiger charge is -2.16. The summed E-state index contributed by atoms with van der Waals surface area (Å²) in [6.45, 7) is 1.88. The number of thioether (sulfide) groups is 1. The van der Waals surface area contributed by atoms with Gasteiger partial charge in [-0.3, -0.25) is 4.79 Å². The van der Waals surface area contributed by atoms with E-state index in [2.05, 4.69) is 0 Å². The molecule has 0 saturated carbocycles. The van der Waals surface area contributed by atoms with E-state index in [9.17, 15) is 9.90 Å². The van der Waals surface area contributed by atoms with Gasteiger partial charge in [0.15, 0.2) is 0 Å². The van der Waals surface area contributed by atoms with E-state index < -0.39 is 5.97 Å². The lowest BCUT2D eigenvalue weighted by atomic mass is 9.98. The van der Waals surface area contributed by atoms with Gasteiger partial charge in [0.05, 0.1) is 6.42 Å². The number of ether oxygens (including phenoxy) is 1. The van der Waals surface area contributed by atoms with Crippen LogP contribution in [0.15, 0.2) is 53.4 Å². The molecule has 0 aromatic heterocycles. The molecule has 0 bridgehead atoms. The molecule has 3 rings (SSSR count). The zero-order chi connectivity index (χ0) is 18.0. The minimum Gasteiger partial charge on any atom is -0.481 e. The molecule has 0 spiro atoms. The van der Waals surface area contributed by atoms with Crippen LogP contribution in [0.5, 0.6) is 11.5 Å². The predicted octanol–water partition coefficient (Wildman–Crippen LogP) is 5.94. The monoisotopic (exact) mass is 372 g/mol.